The summed E-state index contributed by atoms with van der Waals surface area (Å²) in [5.41, 5.74) is -0.366. The lowest BCUT2D eigenvalue weighted by molar-refractivity contribution is -0.384. The second kappa shape index (κ2) is 5.07. The van der Waals surface area contributed by atoms with Gasteiger partial charge in [-0.15, -0.1) is 0 Å². The maximum Gasteiger partial charge on any atom is 0.336 e. The minimum atomic E-state index is -1.09. The first-order valence-corrected chi connectivity index (χ1v) is 7.68. The van der Waals surface area contributed by atoms with E-state index >= 15 is 0 Å². The number of nitrogens with zero attached hydrogens (tertiary/aromatic N) is 1. The maximum atomic E-state index is 11.5. The number of nitro benzene ring substituents is 1. The van der Waals surface area contributed by atoms with E-state index in [0.29, 0.717) is 5.75 Å². The predicted molar refractivity (Wildman–Crippen MR) is 78.6 cm³/mol. The van der Waals surface area contributed by atoms with Crippen molar-refractivity contribution in [1.82, 2.24) is 0 Å². The molecule has 0 aliphatic carbocycles. The van der Waals surface area contributed by atoms with E-state index in [1.807, 2.05) is 11.8 Å². The molecule has 0 saturated carbocycles. The average Bonchev–Trinajstić information content (AvgIpc) is 2.46. The summed E-state index contributed by atoms with van der Waals surface area (Å²) in [6.45, 7) is 0. The van der Waals surface area contributed by atoms with Gasteiger partial charge in [0.2, 0.25) is 0 Å². The molecule has 2 heterocycles. The van der Waals surface area contributed by atoms with Gasteiger partial charge in [-0.3, -0.25) is 10.1 Å². The Morgan fingerprint density at radius 3 is 2.71 bits per heavy atom. The number of aliphatic carboxylic acids is 1. The number of hydrogen-bond acceptors (Lipinski definition) is 5. The van der Waals surface area contributed by atoms with E-state index in [9.17, 15) is 20.0 Å². The average molecular weight is 307 g/mol. The van der Waals surface area contributed by atoms with Crippen molar-refractivity contribution in [2.45, 2.75) is 18.4 Å². The summed E-state index contributed by atoms with van der Waals surface area (Å²) in [7, 11) is 0. The van der Waals surface area contributed by atoms with Gasteiger partial charge in [0.1, 0.15) is 11.4 Å². The summed E-state index contributed by atoms with van der Waals surface area (Å²) in [6, 6.07) is 4.10. The van der Waals surface area contributed by atoms with Gasteiger partial charge in [-0.2, -0.15) is 11.8 Å². The van der Waals surface area contributed by atoms with Crippen LogP contribution in [0.3, 0.4) is 0 Å². The summed E-state index contributed by atoms with van der Waals surface area (Å²) in [5.74, 6) is 1.14. The Kier molecular flexibility index (Phi) is 3.36. The Labute approximate surface area is 124 Å². The summed E-state index contributed by atoms with van der Waals surface area (Å²) >= 11 is 1.81. The predicted octanol–water partition coefficient (Wildman–Crippen LogP) is 2.72. The molecule has 1 aromatic carbocycles. The van der Waals surface area contributed by atoms with E-state index in [-0.39, 0.29) is 16.8 Å². The molecule has 0 unspecified atom stereocenters. The Morgan fingerprint density at radius 2 is 2.10 bits per heavy atom. The molecular formula is C14H13NO5S. The van der Waals surface area contributed by atoms with E-state index in [1.165, 1.54) is 18.2 Å². The number of ether oxygens (including phenoxy) is 1. The number of benzene rings is 1. The Hall–Kier alpha value is -2.02. The van der Waals surface area contributed by atoms with Crippen molar-refractivity contribution in [3.8, 4) is 5.75 Å². The minimum Gasteiger partial charge on any atom is -0.482 e. The number of carboxylic acids is 1. The van der Waals surface area contributed by atoms with Crippen LogP contribution in [0.25, 0.3) is 5.57 Å². The number of rotatable bonds is 2. The molecule has 0 aromatic heterocycles. The first-order valence-electron chi connectivity index (χ1n) is 6.52. The summed E-state index contributed by atoms with van der Waals surface area (Å²) in [4.78, 5) is 21.8. The monoisotopic (exact) mass is 307 g/mol. The number of non-ortho nitro benzene ring substituents is 1. The molecule has 1 aromatic rings. The van der Waals surface area contributed by atoms with Gasteiger partial charge in [-0.1, -0.05) is 0 Å². The molecule has 1 N–H and O–H groups in total. The molecule has 6 nitrogen and oxygen atoms in total. The van der Waals surface area contributed by atoms with Gasteiger partial charge in [-0.25, -0.2) is 4.79 Å². The Morgan fingerprint density at radius 1 is 1.38 bits per heavy atom. The fourth-order valence-electron chi connectivity index (χ4n) is 2.66. The molecule has 2 aliphatic rings. The second-order valence-corrected chi connectivity index (χ2v) is 6.30. The molecule has 0 amide bonds. The molecule has 21 heavy (non-hydrogen) atoms. The third-order valence-electron chi connectivity index (χ3n) is 3.75. The number of carboxylic acid groups (broad SMARTS) is 1. The van der Waals surface area contributed by atoms with Gasteiger partial charge in [0, 0.05) is 17.7 Å². The van der Waals surface area contributed by atoms with Gasteiger partial charge in [0.05, 0.1) is 10.5 Å². The second-order valence-electron chi connectivity index (χ2n) is 5.08. The Bertz CT molecular complexity index is 649. The lowest BCUT2D eigenvalue weighted by Gasteiger charge is -2.38. The standard InChI is InChI=1S/C14H13NO5S/c16-13(17)11-8-14(3-5-21-6-4-14)20-12-2-1-9(15(18)19)7-10(11)12/h1-2,7-8H,3-6H2,(H,16,17). The van der Waals surface area contributed by atoms with Crippen LogP contribution in [-0.2, 0) is 4.79 Å². The number of nitro groups is 1. The van der Waals surface area contributed by atoms with E-state index in [0.717, 1.165) is 24.3 Å². The molecule has 1 spiro atoms. The highest BCUT2D eigenvalue weighted by atomic mass is 32.2. The van der Waals surface area contributed by atoms with Gasteiger partial charge in [-0.05, 0) is 36.5 Å². The van der Waals surface area contributed by atoms with E-state index in [4.69, 9.17) is 4.74 Å². The highest BCUT2D eigenvalue weighted by Gasteiger charge is 2.39. The molecule has 7 heteroatoms. The maximum absolute atomic E-state index is 11.5. The van der Waals surface area contributed by atoms with Crippen LogP contribution in [0.4, 0.5) is 5.69 Å². The highest BCUT2D eigenvalue weighted by Crippen LogP contribution is 2.43. The number of hydrogen-bond donors (Lipinski definition) is 1. The van der Waals surface area contributed by atoms with E-state index in [1.54, 1.807) is 6.08 Å². The van der Waals surface area contributed by atoms with Crippen LogP contribution < -0.4 is 4.74 Å². The first kappa shape index (κ1) is 13.9. The van der Waals surface area contributed by atoms with Crippen LogP contribution in [0.2, 0.25) is 0 Å². The van der Waals surface area contributed by atoms with Crippen molar-refractivity contribution in [2.24, 2.45) is 0 Å². The molecule has 3 rings (SSSR count). The van der Waals surface area contributed by atoms with Crippen LogP contribution in [0.5, 0.6) is 5.75 Å². The fourth-order valence-corrected chi connectivity index (χ4v) is 3.84. The third kappa shape index (κ3) is 2.49. The molecular weight excluding hydrogens is 294 g/mol. The molecule has 0 radical (unpaired) electrons. The topological polar surface area (TPSA) is 89.7 Å². The lowest BCUT2D eigenvalue weighted by atomic mass is 9.88. The van der Waals surface area contributed by atoms with Crippen LogP contribution in [0.1, 0.15) is 18.4 Å². The first-order chi connectivity index (χ1) is 10.0. The van der Waals surface area contributed by atoms with Crippen molar-refractivity contribution in [1.29, 1.82) is 0 Å². The van der Waals surface area contributed by atoms with Crippen molar-refractivity contribution in [3.05, 3.63) is 40.0 Å². The van der Waals surface area contributed by atoms with Crippen molar-refractivity contribution < 1.29 is 19.6 Å². The van der Waals surface area contributed by atoms with Crippen LogP contribution in [0.15, 0.2) is 24.3 Å². The van der Waals surface area contributed by atoms with Crippen molar-refractivity contribution >= 4 is 29.0 Å². The zero-order chi connectivity index (χ0) is 15.0. The van der Waals surface area contributed by atoms with Crippen molar-refractivity contribution in [3.63, 3.8) is 0 Å². The Balaban J connectivity index is 2.10. The van der Waals surface area contributed by atoms with E-state index < -0.39 is 16.5 Å². The minimum absolute atomic E-state index is 0.0897. The number of thioether (sulfide) groups is 1. The fraction of sp³-hybridized carbons (Fsp3) is 0.357. The van der Waals surface area contributed by atoms with Crippen LogP contribution >= 0.6 is 11.8 Å². The summed E-state index contributed by atoms with van der Waals surface area (Å²) < 4.78 is 6.00. The van der Waals surface area contributed by atoms with Crippen LogP contribution in [0, 0.1) is 10.1 Å². The van der Waals surface area contributed by atoms with Gasteiger partial charge < -0.3 is 9.84 Å². The molecule has 1 fully saturated rings. The zero-order valence-corrected chi connectivity index (χ0v) is 11.9. The number of carbonyl (C=O) groups is 1. The molecule has 2 aliphatic heterocycles. The summed E-state index contributed by atoms with van der Waals surface area (Å²) in [6.07, 6.45) is 3.11. The van der Waals surface area contributed by atoms with Crippen LogP contribution in [-0.4, -0.2) is 33.1 Å². The largest absolute Gasteiger partial charge is 0.482 e. The lowest BCUT2D eigenvalue weighted by Crippen LogP contribution is -2.40. The third-order valence-corrected chi connectivity index (χ3v) is 4.74. The molecule has 110 valence electrons. The van der Waals surface area contributed by atoms with Crippen molar-refractivity contribution in [2.75, 3.05) is 11.5 Å². The van der Waals surface area contributed by atoms with Gasteiger partial charge in [0.25, 0.3) is 5.69 Å². The molecule has 0 atom stereocenters. The molecule has 1 saturated heterocycles. The highest BCUT2D eigenvalue weighted by molar-refractivity contribution is 7.99. The normalized spacial score (nSPS) is 19.3. The van der Waals surface area contributed by atoms with Gasteiger partial charge >= 0.3 is 5.97 Å². The quantitative estimate of drug-likeness (QED) is 0.667. The van der Waals surface area contributed by atoms with E-state index in [2.05, 4.69) is 0 Å². The SMILES string of the molecule is O=C(O)C1=CC2(CCSCC2)Oc2ccc([N+](=O)[O-])cc21. The summed E-state index contributed by atoms with van der Waals surface area (Å²) in [5, 5.41) is 20.3. The smallest absolute Gasteiger partial charge is 0.336 e. The number of fused-ring (bicyclic) bond motifs is 1. The molecule has 0 bridgehead atoms. The zero-order valence-electron chi connectivity index (χ0n) is 11.1. The van der Waals surface area contributed by atoms with Gasteiger partial charge in [0.15, 0.2) is 0 Å².